The Kier molecular flexibility index (Phi) is 42.2. The molecule has 0 N–H and O–H groups in total. The molecule has 0 aliphatic rings. The van der Waals surface area contributed by atoms with Gasteiger partial charge in [0.25, 0.3) is 0 Å². The highest BCUT2D eigenvalue weighted by Gasteiger charge is 1.75. The van der Waals surface area contributed by atoms with Crippen LogP contribution in [0.15, 0.2) is 28.3 Å². The molecule has 0 heterocycles. The zero-order valence-electron chi connectivity index (χ0n) is 17.9. The second-order valence-corrected chi connectivity index (χ2v) is 6.47. The van der Waals surface area contributed by atoms with E-state index >= 15 is 0 Å². The minimum atomic E-state index is 0.167. The molecule has 3 heteroatoms. The molecule has 0 unspecified atom stereocenters. The maximum Gasteiger partial charge on any atom is 0.126 e. The topological polar surface area (TPSA) is 29.4 Å². The summed E-state index contributed by atoms with van der Waals surface area (Å²) in [7, 11) is 1.79. The number of rotatable bonds is 0. The van der Waals surface area contributed by atoms with E-state index in [1.807, 2.05) is 53.7 Å². The van der Waals surface area contributed by atoms with E-state index in [2.05, 4.69) is 44.9 Å². The molecule has 0 aromatic heterocycles. The van der Waals surface area contributed by atoms with Crippen LogP contribution in [0, 0.1) is 0 Å². The third kappa shape index (κ3) is 214. The Morgan fingerprint density at radius 2 is 0.870 bits per heavy atom. The van der Waals surface area contributed by atoms with Gasteiger partial charge in [-0.1, -0.05) is 35.5 Å². The average Bonchev–Trinajstić information content (AvgIpc) is 2.38. The number of hydrogen-bond acceptors (Lipinski definition) is 3. The number of ketones is 1. The van der Waals surface area contributed by atoms with Crippen molar-refractivity contribution in [1.29, 1.82) is 0 Å². The lowest BCUT2D eigenvalue weighted by molar-refractivity contribution is -0.114. The van der Waals surface area contributed by atoms with Crippen molar-refractivity contribution in [3.05, 3.63) is 23.3 Å². The van der Waals surface area contributed by atoms with E-state index in [1.165, 1.54) is 25.0 Å². The van der Waals surface area contributed by atoms with Gasteiger partial charge in [-0.3, -0.25) is 4.99 Å². The van der Waals surface area contributed by atoms with Crippen LogP contribution in [-0.2, 0) is 4.79 Å². The molecule has 0 bridgehead atoms. The Balaban J connectivity index is -0.0000000594. The summed E-state index contributed by atoms with van der Waals surface area (Å²) < 4.78 is 0. The molecule has 23 heavy (non-hydrogen) atoms. The number of Topliss-reactive ketones (excluding diaryl/α,β-unsaturated/α-hetero) is 1. The molecule has 0 aromatic rings. The van der Waals surface area contributed by atoms with Crippen LogP contribution in [0.4, 0.5) is 0 Å². The van der Waals surface area contributed by atoms with Gasteiger partial charge in [0.05, 0.1) is 0 Å². The summed E-state index contributed by atoms with van der Waals surface area (Å²) in [5.74, 6) is 0.167. The number of carbonyl (C=O) groups is 1. The van der Waals surface area contributed by atoms with E-state index in [-0.39, 0.29) is 5.78 Å². The summed E-state index contributed by atoms with van der Waals surface area (Å²) in [5, 5.41) is 0. The van der Waals surface area contributed by atoms with E-state index in [9.17, 15) is 4.79 Å². The molecule has 0 aliphatic carbocycles. The van der Waals surface area contributed by atoms with Crippen LogP contribution in [0.2, 0.25) is 0 Å². The van der Waals surface area contributed by atoms with Gasteiger partial charge in [0.1, 0.15) is 5.78 Å². The quantitative estimate of drug-likeness (QED) is 0.268. The van der Waals surface area contributed by atoms with Crippen molar-refractivity contribution >= 4 is 28.6 Å². The second-order valence-electron chi connectivity index (χ2n) is 5.65. The van der Waals surface area contributed by atoms with Crippen molar-refractivity contribution < 1.29 is 4.79 Å². The normalized spacial score (nSPS) is 7.52. The highest BCUT2D eigenvalue weighted by Crippen LogP contribution is 1.96. The smallest absolute Gasteiger partial charge is 0.126 e. The molecular formula is C20H41NOS. The lowest BCUT2D eigenvalue weighted by Gasteiger charge is -1.88. The molecule has 0 amide bonds. The predicted octanol–water partition coefficient (Wildman–Crippen LogP) is 7.03. The lowest BCUT2D eigenvalue weighted by Crippen LogP contribution is -1.74. The van der Waals surface area contributed by atoms with Gasteiger partial charge in [-0.05, 0) is 87.9 Å². The first-order valence-corrected chi connectivity index (χ1v) is 8.23. The number of hydrogen-bond donors (Lipinski definition) is 0. The van der Waals surface area contributed by atoms with Crippen molar-refractivity contribution in [3.8, 4) is 0 Å². The van der Waals surface area contributed by atoms with E-state index in [0.29, 0.717) is 0 Å². The van der Waals surface area contributed by atoms with Gasteiger partial charge in [-0.2, -0.15) is 0 Å². The van der Waals surface area contributed by atoms with Crippen molar-refractivity contribution in [3.63, 3.8) is 0 Å². The molecule has 0 saturated carbocycles. The monoisotopic (exact) mass is 343 g/mol. The van der Waals surface area contributed by atoms with Crippen molar-refractivity contribution in [2.24, 2.45) is 4.99 Å². The summed E-state index contributed by atoms with van der Waals surface area (Å²) >= 11 is 4.54. The molecule has 2 nitrogen and oxygen atoms in total. The molecule has 0 spiro atoms. The van der Waals surface area contributed by atoms with Crippen LogP contribution in [-0.4, -0.2) is 23.4 Å². The fourth-order valence-corrected chi connectivity index (χ4v) is 0. The Morgan fingerprint density at radius 1 is 0.739 bits per heavy atom. The Bertz CT molecular complexity index is 318. The Labute approximate surface area is 152 Å². The minimum absolute atomic E-state index is 0.167. The number of carbonyl (C=O) groups excluding carboxylic acids is 1. The predicted molar refractivity (Wildman–Crippen MR) is 115 cm³/mol. The van der Waals surface area contributed by atoms with Crippen LogP contribution < -0.4 is 0 Å². The highest BCUT2D eigenvalue weighted by atomic mass is 32.1. The van der Waals surface area contributed by atoms with E-state index in [4.69, 9.17) is 0 Å². The third-order valence-electron chi connectivity index (χ3n) is 1.78. The molecular weight excluding hydrogens is 302 g/mol. The van der Waals surface area contributed by atoms with Crippen molar-refractivity contribution in [2.75, 3.05) is 7.05 Å². The average molecular weight is 344 g/mol. The lowest BCUT2D eigenvalue weighted by atomic mass is 10.2. The summed E-state index contributed by atoms with van der Waals surface area (Å²) in [4.78, 5) is 14.2. The minimum Gasteiger partial charge on any atom is -0.300 e. The zero-order valence-corrected chi connectivity index (χ0v) is 18.7. The number of thiocarbonyl (C=S) groups is 1. The maximum absolute atomic E-state index is 9.44. The number of nitrogens with zero attached hydrogens (tertiary/aromatic N) is 1. The van der Waals surface area contributed by atoms with Crippen molar-refractivity contribution in [1.82, 2.24) is 0 Å². The van der Waals surface area contributed by atoms with Crippen LogP contribution in [0.3, 0.4) is 0 Å². The van der Waals surface area contributed by atoms with E-state index in [1.54, 1.807) is 7.05 Å². The molecule has 0 radical (unpaired) electrons. The summed E-state index contributed by atoms with van der Waals surface area (Å²) in [6.07, 6.45) is 4.00. The molecule has 0 atom stereocenters. The van der Waals surface area contributed by atoms with Crippen LogP contribution in [0.5, 0.6) is 0 Å². The first-order chi connectivity index (χ1) is 10.3. The van der Waals surface area contributed by atoms with Gasteiger partial charge in [0, 0.05) is 12.8 Å². The fourth-order valence-electron chi connectivity index (χ4n) is 0. The van der Waals surface area contributed by atoms with Crippen molar-refractivity contribution in [2.45, 2.75) is 83.1 Å². The summed E-state index contributed by atoms with van der Waals surface area (Å²) in [5.41, 5.74) is 3.98. The zero-order chi connectivity index (χ0) is 20.0. The van der Waals surface area contributed by atoms with Gasteiger partial charge < -0.3 is 4.79 Å². The molecule has 0 aliphatic heterocycles. The third-order valence-corrected chi connectivity index (χ3v) is 1.78. The van der Waals surface area contributed by atoms with E-state index in [0.717, 1.165) is 10.6 Å². The maximum atomic E-state index is 9.44. The first kappa shape index (κ1) is 33.5. The molecule has 0 aromatic carbocycles. The van der Waals surface area contributed by atoms with Crippen LogP contribution in [0.1, 0.15) is 83.1 Å². The fraction of sp³-hybridized carbons (Fsp3) is 0.650. The van der Waals surface area contributed by atoms with Gasteiger partial charge in [0.2, 0.25) is 0 Å². The first-order valence-electron chi connectivity index (χ1n) is 7.82. The molecule has 0 saturated heterocycles. The van der Waals surface area contributed by atoms with Gasteiger partial charge >= 0.3 is 0 Å². The SMILES string of the molecule is CC(C)=C(C)C.CC(C)=O.CC(C)=S.CC=CC.CN=C(C)C. The van der Waals surface area contributed by atoms with Gasteiger partial charge in [-0.25, -0.2) is 0 Å². The number of allylic oxidation sites excluding steroid dienone is 4. The van der Waals surface area contributed by atoms with Crippen LogP contribution in [0.25, 0.3) is 0 Å². The van der Waals surface area contributed by atoms with E-state index < -0.39 is 0 Å². The highest BCUT2D eigenvalue weighted by molar-refractivity contribution is 7.80. The molecule has 0 rings (SSSR count). The Hall–Kier alpha value is -1.09. The van der Waals surface area contributed by atoms with Gasteiger partial charge in [0.15, 0.2) is 0 Å². The largest absolute Gasteiger partial charge is 0.300 e. The summed E-state index contributed by atoms with van der Waals surface area (Å²) in [6, 6.07) is 0. The molecule has 138 valence electrons. The van der Waals surface area contributed by atoms with Gasteiger partial charge in [-0.15, -0.1) is 0 Å². The Morgan fingerprint density at radius 3 is 0.870 bits per heavy atom. The summed E-state index contributed by atoms with van der Waals surface area (Å²) in [6.45, 7) is 23.3. The number of aliphatic imine (C=N–C) groups is 1. The van der Waals surface area contributed by atoms with Crippen LogP contribution >= 0.6 is 12.2 Å². The standard InChI is InChI=1S/C6H12.C4H9N.C4H8.C3H6O.C3H6S/c1-5(2)6(3)4;1-4(2)5-3;1-3-4-2;2*1-3(2)4/h1-4H3;1-3H3;3-4H,1-2H3;2*1-2H3. The second kappa shape index (κ2) is 29.0. The molecule has 0 fully saturated rings.